The van der Waals surface area contributed by atoms with Crippen LogP contribution in [0.3, 0.4) is 0 Å². The fraction of sp³-hybridized carbons (Fsp3) is 0.412. The Balaban J connectivity index is 2.17. The second-order valence-electron chi connectivity index (χ2n) is 5.20. The molecule has 0 fully saturated rings. The number of rotatable bonds is 8. The molecule has 124 valence electrons. The first kappa shape index (κ1) is 17.3. The Hall–Kier alpha value is -2.01. The van der Waals surface area contributed by atoms with Gasteiger partial charge in [-0.05, 0) is 37.1 Å². The largest absolute Gasteiger partial charge is 0.495 e. The highest BCUT2D eigenvalue weighted by atomic mass is 35.5. The molecule has 1 N–H and O–H groups in total. The third kappa shape index (κ3) is 4.73. The Morgan fingerprint density at radius 2 is 1.91 bits per heavy atom. The fourth-order valence-electron chi connectivity index (χ4n) is 2.31. The topological polar surface area (TPSA) is 50.3 Å². The van der Waals surface area contributed by atoms with Gasteiger partial charge in [-0.3, -0.25) is 0 Å². The van der Waals surface area contributed by atoms with E-state index in [2.05, 4.69) is 34.0 Å². The van der Waals surface area contributed by atoms with Crippen molar-refractivity contribution >= 4 is 29.1 Å². The van der Waals surface area contributed by atoms with E-state index in [1.54, 1.807) is 13.3 Å². The van der Waals surface area contributed by atoms with Gasteiger partial charge >= 0.3 is 0 Å². The Bertz CT molecular complexity index is 630. The maximum atomic E-state index is 6.15. The minimum Gasteiger partial charge on any atom is -0.495 e. The summed E-state index contributed by atoms with van der Waals surface area (Å²) in [5.74, 6) is 2.14. The van der Waals surface area contributed by atoms with Gasteiger partial charge in [0.05, 0.1) is 12.1 Å². The van der Waals surface area contributed by atoms with E-state index in [0.29, 0.717) is 10.8 Å². The molecule has 0 atom stereocenters. The van der Waals surface area contributed by atoms with Crippen LogP contribution >= 0.6 is 11.6 Å². The van der Waals surface area contributed by atoms with Crippen molar-refractivity contribution in [2.75, 3.05) is 30.4 Å². The molecule has 0 aliphatic heterocycles. The van der Waals surface area contributed by atoms with Crippen molar-refractivity contribution in [3.8, 4) is 5.75 Å². The van der Waals surface area contributed by atoms with Gasteiger partial charge in [0.25, 0.3) is 0 Å². The van der Waals surface area contributed by atoms with Gasteiger partial charge in [-0.15, -0.1) is 0 Å². The van der Waals surface area contributed by atoms with Crippen LogP contribution in [0.1, 0.15) is 26.7 Å². The normalized spacial score (nSPS) is 10.4. The zero-order valence-electron chi connectivity index (χ0n) is 13.8. The summed E-state index contributed by atoms with van der Waals surface area (Å²) >= 11 is 6.15. The van der Waals surface area contributed by atoms with Gasteiger partial charge in [-0.1, -0.05) is 25.4 Å². The second kappa shape index (κ2) is 8.58. The van der Waals surface area contributed by atoms with Crippen molar-refractivity contribution in [2.24, 2.45) is 0 Å². The molecule has 0 bridgehead atoms. The highest BCUT2D eigenvalue weighted by molar-refractivity contribution is 6.32. The van der Waals surface area contributed by atoms with Crippen LogP contribution in [0.4, 0.5) is 17.5 Å². The lowest BCUT2D eigenvalue weighted by Crippen LogP contribution is -2.26. The Morgan fingerprint density at radius 3 is 2.52 bits per heavy atom. The summed E-state index contributed by atoms with van der Waals surface area (Å²) in [6, 6.07) is 7.39. The van der Waals surface area contributed by atoms with Crippen molar-refractivity contribution in [3.63, 3.8) is 0 Å². The molecular weight excluding hydrogens is 312 g/mol. The van der Waals surface area contributed by atoms with E-state index in [1.165, 1.54) is 0 Å². The van der Waals surface area contributed by atoms with Crippen LogP contribution in [0, 0.1) is 0 Å². The molecule has 0 radical (unpaired) electrons. The van der Waals surface area contributed by atoms with E-state index in [-0.39, 0.29) is 0 Å². The number of nitrogens with one attached hydrogen (secondary N) is 1. The zero-order valence-corrected chi connectivity index (χ0v) is 14.6. The number of anilines is 3. The smallest absolute Gasteiger partial charge is 0.227 e. The lowest BCUT2D eigenvalue weighted by atomic mass is 10.3. The number of benzene rings is 1. The van der Waals surface area contributed by atoms with Crippen molar-refractivity contribution in [3.05, 3.63) is 35.5 Å². The van der Waals surface area contributed by atoms with Crippen molar-refractivity contribution in [1.29, 1.82) is 0 Å². The van der Waals surface area contributed by atoms with Crippen molar-refractivity contribution in [2.45, 2.75) is 26.7 Å². The maximum absolute atomic E-state index is 6.15. The minimum absolute atomic E-state index is 0.561. The first-order chi connectivity index (χ1) is 11.2. The highest BCUT2D eigenvalue weighted by Crippen LogP contribution is 2.28. The molecule has 1 heterocycles. The van der Waals surface area contributed by atoms with Crippen LogP contribution in [0.15, 0.2) is 30.5 Å². The molecule has 23 heavy (non-hydrogen) atoms. The molecule has 1 aromatic heterocycles. The maximum Gasteiger partial charge on any atom is 0.227 e. The lowest BCUT2D eigenvalue weighted by molar-refractivity contribution is 0.415. The van der Waals surface area contributed by atoms with Crippen molar-refractivity contribution < 1.29 is 4.74 Å². The Kier molecular flexibility index (Phi) is 6.47. The number of methoxy groups -OCH3 is 1. The molecule has 2 aromatic rings. The van der Waals surface area contributed by atoms with Crippen LogP contribution in [-0.4, -0.2) is 30.2 Å². The summed E-state index contributed by atoms with van der Waals surface area (Å²) in [6.07, 6.45) is 3.90. The minimum atomic E-state index is 0.561. The van der Waals surface area contributed by atoms with Gasteiger partial charge < -0.3 is 15.0 Å². The van der Waals surface area contributed by atoms with Gasteiger partial charge in [-0.2, -0.15) is 4.98 Å². The summed E-state index contributed by atoms with van der Waals surface area (Å²) in [4.78, 5) is 11.2. The first-order valence-corrected chi connectivity index (χ1v) is 8.24. The molecule has 0 spiro atoms. The van der Waals surface area contributed by atoms with Gasteiger partial charge in [0, 0.05) is 25.0 Å². The molecule has 5 nitrogen and oxygen atoms in total. The second-order valence-corrected chi connectivity index (χ2v) is 5.61. The summed E-state index contributed by atoms with van der Waals surface area (Å²) in [5, 5.41) is 3.82. The highest BCUT2D eigenvalue weighted by Gasteiger charge is 2.09. The number of halogens is 1. The SMILES string of the molecule is CCCN(CCC)c1nccc(Nc2ccc(OC)c(Cl)c2)n1. The van der Waals surface area contributed by atoms with Gasteiger partial charge in [-0.25, -0.2) is 4.98 Å². The molecule has 0 aliphatic carbocycles. The third-order valence-corrected chi connectivity index (χ3v) is 3.63. The monoisotopic (exact) mass is 334 g/mol. The average molecular weight is 335 g/mol. The van der Waals surface area contributed by atoms with Crippen LogP contribution in [0.2, 0.25) is 5.02 Å². The average Bonchev–Trinajstić information content (AvgIpc) is 2.55. The van der Waals surface area contributed by atoms with E-state index < -0.39 is 0 Å². The van der Waals surface area contributed by atoms with E-state index >= 15 is 0 Å². The Labute approximate surface area is 142 Å². The molecule has 0 unspecified atom stereocenters. The molecule has 0 saturated carbocycles. The summed E-state index contributed by atoms with van der Waals surface area (Å²) in [6.45, 7) is 6.21. The number of hydrogen-bond donors (Lipinski definition) is 1. The third-order valence-electron chi connectivity index (χ3n) is 3.34. The fourth-order valence-corrected chi connectivity index (χ4v) is 2.57. The van der Waals surface area contributed by atoms with E-state index in [0.717, 1.165) is 43.4 Å². The number of ether oxygens (including phenoxy) is 1. The van der Waals surface area contributed by atoms with Gasteiger partial charge in [0.2, 0.25) is 5.95 Å². The number of aromatic nitrogens is 2. The number of hydrogen-bond acceptors (Lipinski definition) is 5. The van der Waals surface area contributed by atoms with E-state index in [9.17, 15) is 0 Å². The summed E-state index contributed by atoms with van der Waals surface area (Å²) < 4.78 is 5.16. The van der Waals surface area contributed by atoms with Crippen LogP contribution in [0.25, 0.3) is 0 Å². The molecule has 6 heteroatoms. The van der Waals surface area contributed by atoms with Crippen LogP contribution in [0.5, 0.6) is 5.75 Å². The molecule has 0 saturated heterocycles. The lowest BCUT2D eigenvalue weighted by Gasteiger charge is -2.21. The van der Waals surface area contributed by atoms with Crippen molar-refractivity contribution in [1.82, 2.24) is 9.97 Å². The molecule has 0 amide bonds. The zero-order chi connectivity index (χ0) is 16.7. The first-order valence-electron chi connectivity index (χ1n) is 7.86. The number of nitrogens with zero attached hydrogens (tertiary/aromatic N) is 3. The predicted molar refractivity (Wildman–Crippen MR) is 96.1 cm³/mol. The molecule has 0 aliphatic rings. The quantitative estimate of drug-likeness (QED) is 0.769. The van der Waals surface area contributed by atoms with Crippen LogP contribution < -0.4 is 15.0 Å². The molecule has 1 aromatic carbocycles. The van der Waals surface area contributed by atoms with E-state index in [4.69, 9.17) is 16.3 Å². The van der Waals surface area contributed by atoms with Crippen LogP contribution in [-0.2, 0) is 0 Å². The standard InChI is InChI=1S/C17H23ClN4O/c1-4-10-22(11-5-2)17-19-9-8-16(21-17)20-13-6-7-15(23-3)14(18)12-13/h6-9,12H,4-5,10-11H2,1-3H3,(H,19,20,21). The summed E-state index contributed by atoms with van der Waals surface area (Å²) in [7, 11) is 1.60. The Morgan fingerprint density at radius 1 is 1.17 bits per heavy atom. The molecular formula is C17H23ClN4O. The summed E-state index contributed by atoms with van der Waals surface area (Å²) in [5.41, 5.74) is 0.859. The van der Waals surface area contributed by atoms with Gasteiger partial charge in [0.15, 0.2) is 0 Å². The van der Waals surface area contributed by atoms with E-state index in [1.807, 2.05) is 24.3 Å². The predicted octanol–water partition coefficient (Wildman–Crippen LogP) is 4.51. The molecule has 2 rings (SSSR count). The van der Waals surface area contributed by atoms with Gasteiger partial charge in [0.1, 0.15) is 11.6 Å².